The van der Waals surface area contributed by atoms with Gasteiger partial charge in [0.15, 0.2) is 6.61 Å². The topological polar surface area (TPSA) is 139 Å². The molecule has 0 atom stereocenters. The van der Waals surface area contributed by atoms with Gasteiger partial charge < -0.3 is 26.0 Å². The van der Waals surface area contributed by atoms with Gasteiger partial charge in [0.25, 0.3) is 17.7 Å². The van der Waals surface area contributed by atoms with Gasteiger partial charge in [-0.2, -0.15) is 0 Å². The lowest BCUT2D eigenvalue weighted by Crippen LogP contribution is -2.20. The van der Waals surface area contributed by atoms with Crippen molar-refractivity contribution in [3.05, 3.63) is 141 Å². The van der Waals surface area contributed by atoms with Crippen molar-refractivity contribution in [2.75, 3.05) is 27.9 Å². The molecule has 254 valence electrons. The highest BCUT2D eigenvalue weighted by Gasteiger charge is 2.14. The minimum atomic E-state index is -0.413. The van der Waals surface area contributed by atoms with Crippen LogP contribution in [0.1, 0.15) is 44.7 Å². The van der Waals surface area contributed by atoms with Crippen molar-refractivity contribution in [3.63, 3.8) is 0 Å². The molecule has 5 rings (SSSR count). The van der Waals surface area contributed by atoms with Gasteiger partial charge >= 0.3 is 0 Å². The van der Waals surface area contributed by atoms with Crippen LogP contribution < -0.4 is 26.0 Å². The summed E-state index contributed by atoms with van der Waals surface area (Å²) >= 11 is 9.69. The number of halogens is 2. The van der Waals surface area contributed by atoms with Crippen LogP contribution in [0, 0.1) is 6.92 Å². The number of para-hydroxylation sites is 1. The summed E-state index contributed by atoms with van der Waals surface area (Å²) in [5, 5.41) is 11.6. The van der Waals surface area contributed by atoms with E-state index in [1.54, 1.807) is 79.0 Å². The predicted molar refractivity (Wildman–Crippen MR) is 199 cm³/mol. The Morgan fingerprint density at radius 2 is 1.36 bits per heavy atom. The average Bonchev–Trinajstić information content (AvgIpc) is 3.09. The summed E-state index contributed by atoms with van der Waals surface area (Å²) < 4.78 is 6.30. The van der Waals surface area contributed by atoms with Crippen LogP contribution in [0.15, 0.2) is 114 Å². The number of aryl methyl sites for hydroxylation is 2. The van der Waals surface area contributed by atoms with E-state index in [0.717, 1.165) is 11.1 Å². The van der Waals surface area contributed by atoms with Crippen molar-refractivity contribution in [1.29, 1.82) is 0 Å². The number of ether oxygens (including phenoxy) is 1. The fourth-order valence-corrected chi connectivity index (χ4v) is 5.49. The number of nitrogens with one attached hydrogen (secondary N) is 4. The molecule has 4 aromatic carbocycles. The summed E-state index contributed by atoms with van der Waals surface area (Å²) in [6.07, 6.45) is 4.35. The van der Waals surface area contributed by atoms with Crippen LogP contribution >= 0.6 is 27.5 Å². The fraction of sp³-hybridized carbons (Fsp3) is 0.132. The first kappa shape index (κ1) is 35.8. The van der Waals surface area contributed by atoms with Gasteiger partial charge in [0.2, 0.25) is 5.91 Å². The Labute approximate surface area is 302 Å². The molecule has 10 nitrogen and oxygen atoms in total. The molecule has 0 saturated carbocycles. The Morgan fingerprint density at radius 1 is 0.720 bits per heavy atom. The Kier molecular flexibility index (Phi) is 12.3. The van der Waals surface area contributed by atoms with Crippen LogP contribution in [0.3, 0.4) is 0 Å². The highest BCUT2D eigenvalue weighted by molar-refractivity contribution is 9.10. The van der Waals surface area contributed by atoms with Gasteiger partial charge in [-0.05, 0) is 107 Å². The van der Waals surface area contributed by atoms with Gasteiger partial charge in [0.1, 0.15) is 5.75 Å². The molecular formula is C38H33BrClN5O5. The third kappa shape index (κ3) is 10.5. The maximum absolute atomic E-state index is 13.2. The molecule has 1 heterocycles. The summed E-state index contributed by atoms with van der Waals surface area (Å²) in [6.45, 7) is 1.74. The second-order valence-electron chi connectivity index (χ2n) is 11.3. The highest BCUT2D eigenvalue weighted by atomic mass is 79.9. The molecule has 12 heteroatoms. The maximum Gasteiger partial charge on any atom is 0.262 e. The SMILES string of the molecule is Cc1ccccc1OCC(=O)Nc1cccc(NC(=O)c2cc(CCCC(=O)Nc3cccc(NC(=O)c4cncc(Br)c4)c3)ccc2Cl)c1. The third-order valence-corrected chi connectivity index (χ3v) is 8.14. The highest BCUT2D eigenvalue weighted by Crippen LogP contribution is 2.23. The predicted octanol–water partition coefficient (Wildman–Crippen LogP) is 8.29. The molecule has 0 bridgehead atoms. The first-order valence-corrected chi connectivity index (χ1v) is 16.8. The Hall–Kier alpha value is -5.52. The van der Waals surface area contributed by atoms with Gasteiger partial charge in [-0.25, -0.2) is 0 Å². The van der Waals surface area contributed by atoms with Crippen LogP contribution in [0.4, 0.5) is 22.7 Å². The molecule has 4 amide bonds. The first-order valence-electron chi connectivity index (χ1n) is 15.6. The molecule has 1 aromatic heterocycles. The molecule has 0 unspecified atom stereocenters. The average molecular weight is 755 g/mol. The normalized spacial score (nSPS) is 10.5. The lowest BCUT2D eigenvalue weighted by Gasteiger charge is -2.12. The number of anilines is 4. The summed E-state index contributed by atoms with van der Waals surface area (Å²) in [5.74, 6) is -0.633. The smallest absolute Gasteiger partial charge is 0.262 e. The molecule has 0 spiro atoms. The van der Waals surface area contributed by atoms with Crippen LogP contribution in [-0.4, -0.2) is 35.2 Å². The Bertz CT molecular complexity index is 2040. The van der Waals surface area contributed by atoms with Crippen LogP contribution in [0.25, 0.3) is 0 Å². The molecule has 50 heavy (non-hydrogen) atoms. The van der Waals surface area contributed by atoms with Crippen LogP contribution in [-0.2, 0) is 16.0 Å². The van der Waals surface area contributed by atoms with E-state index in [-0.39, 0.29) is 41.3 Å². The summed E-state index contributed by atoms with van der Waals surface area (Å²) in [4.78, 5) is 54.9. The van der Waals surface area contributed by atoms with E-state index in [1.165, 1.54) is 6.20 Å². The zero-order valence-electron chi connectivity index (χ0n) is 27.0. The summed E-state index contributed by atoms with van der Waals surface area (Å²) in [5.41, 5.74) is 4.49. The molecule has 0 aliphatic carbocycles. The lowest BCUT2D eigenvalue weighted by molar-refractivity contribution is -0.118. The minimum Gasteiger partial charge on any atom is -0.483 e. The van der Waals surface area contributed by atoms with E-state index < -0.39 is 5.91 Å². The number of hydrogen-bond donors (Lipinski definition) is 4. The van der Waals surface area contributed by atoms with Crippen molar-refractivity contribution < 1.29 is 23.9 Å². The standard InChI is InChI=1S/C38H33BrClN5O5/c1-24-7-2-3-13-34(24)50-23-36(47)43-29-10-6-12-31(20-29)45-38(49)32-17-25(15-16-33(32)40)8-4-14-35(46)42-28-9-5-11-30(19-28)44-37(48)26-18-27(39)22-41-21-26/h2-3,5-7,9-13,15-22H,4,8,14,23H2,1H3,(H,42,46)(H,43,47)(H,44,48)(H,45,49). The van der Waals surface area contributed by atoms with Gasteiger partial charge in [-0.3, -0.25) is 24.2 Å². The second-order valence-corrected chi connectivity index (χ2v) is 12.6. The molecule has 4 N–H and O–H groups in total. The number of pyridine rings is 1. The molecule has 0 aliphatic heterocycles. The second kappa shape index (κ2) is 17.2. The number of hydrogen-bond acceptors (Lipinski definition) is 6. The Morgan fingerprint density at radius 3 is 2.04 bits per heavy atom. The fourth-order valence-electron chi connectivity index (χ4n) is 4.92. The zero-order valence-corrected chi connectivity index (χ0v) is 29.3. The first-order chi connectivity index (χ1) is 24.1. The van der Waals surface area contributed by atoms with E-state index in [0.29, 0.717) is 51.4 Å². The van der Waals surface area contributed by atoms with Gasteiger partial charge in [-0.15, -0.1) is 0 Å². The zero-order chi connectivity index (χ0) is 35.5. The largest absolute Gasteiger partial charge is 0.483 e. The number of aromatic nitrogens is 1. The number of nitrogens with zero attached hydrogens (tertiary/aromatic N) is 1. The van der Waals surface area contributed by atoms with Gasteiger partial charge in [0.05, 0.1) is 16.1 Å². The van der Waals surface area contributed by atoms with E-state index >= 15 is 0 Å². The van der Waals surface area contributed by atoms with Crippen molar-refractivity contribution >= 4 is 73.9 Å². The van der Waals surface area contributed by atoms with Crippen molar-refractivity contribution in [2.24, 2.45) is 0 Å². The lowest BCUT2D eigenvalue weighted by atomic mass is 10.0. The molecule has 0 aliphatic rings. The van der Waals surface area contributed by atoms with Gasteiger partial charge in [0, 0.05) is 46.0 Å². The number of carbonyl (C=O) groups excluding carboxylic acids is 4. The third-order valence-electron chi connectivity index (χ3n) is 7.37. The molecule has 0 saturated heterocycles. The van der Waals surface area contributed by atoms with E-state index in [9.17, 15) is 19.2 Å². The number of rotatable bonds is 13. The molecule has 5 aromatic rings. The van der Waals surface area contributed by atoms with E-state index in [2.05, 4.69) is 42.2 Å². The van der Waals surface area contributed by atoms with Crippen molar-refractivity contribution in [2.45, 2.75) is 26.2 Å². The van der Waals surface area contributed by atoms with Gasteiger partial charge in [-0.1, -0.05) is 48.0 Å². The van der Waals surface area contributed by atoms with Crippen molar-refractivity contribution in [1.82, 2.24) is 4.98 Å². The van der Waals surface area contributed by atoms with Crippen LogP contribution in [0.2, 0.25) is 5.02 Å². The number of benzene rings is 4. The van der Waals surface area contributed by atoms with E-state index in [4.69, 9.17) is 16.3 Å². The number of amides is 4. The summed E-state index contributed by atoms with van der Waals surface area (Å²) in [6, 6.07) is 27.9. The Balaban J connectivity index is 1.10. The molecular weight excluding hydrogens is 722 g/mol. The molecule has 0 fully saturated rings. The summed E-state index contributed by atoms with van der Waals surface area (Å²) in [7, 11) is 0. The quantitative estimate of drug-likeness (QED) is 0.0955. The molecule has 0 radical (unpaired) electrons. The minimum absolute atomic E-state index is 0.162. The maximum atomic E-state index is 13.2. The van der Waals surface area contributed by atoms with Crippen LogP contribution in [0.5, 0.6) is 5.75 Å². The van der Waals surface area contributed by atoms with Crippen molar-refractivity contribution in [3.8, 4) is 5.75 Å². The van der Waals surface area contributed by atoms with E-state index in [1.807, 2.05) is 31.2 Å². The number of carbonyl (C=O) groups is 4. The monoisotopic (exact) mass is 753 g/mol.